The number of rotatable bonds is 8. The second-order valence-corrected chi connectivity index (χ2v) is 7.33. The minimum atomic E-state index is -0.336. The average Bonchev–Trinajstić information content (AvgIpc) is 2.82. The molecule has 0 aliphatic carbocycles. The Labute approximate surface area is 183 Å². The van der Waals surface area contributed by atoms with Crippen LogP contribution >= 0.6 is 0 Å². The van der Waals surface area contributed by atoms with Crippen LogP contribution in [0, 0.1) is 0 Å². The molecule has 166 valence electrons. The van der Waals surface area contributed by atoms with Crippen LogP contribution in [0.5, 0.6) is 11.5 Å². The van der Waals surface area contributed by atoms with Crippen molar-refractivity contribution in [3.63, 3.8) is 0 Å². The summed E-state index contributed by atoms with van der Waals surface area (Å²) in [6.45, 7) is 4.75. The van der Waals surface area contributed by atoms with Gasteiger partial charge in [0, 0.05) is 32.6 Å². The smallest absolute Gasteiger partial charge is 0.410 e. The molecule has 1 heterocycles. The van der Waals surface area contributed by atoms with Gasteiger partial charge in [0.05, 0.1) is 13.7 Å². The van der Waals surface area contributed by atoms with Gasteiger partial charge in [-0.3, -0.25) is 4.79 Å². The van der Waals surface area contributed by atoms with Crippen molar-refractivity contribution in [2.24, 2.45) is 0 Å². The van der Waals surface area contributed by atoms with Crippen molar-refractivity contribution in [1.82, 2.24) is 9.80 Å². The van der Waals surface area contributed by atoms with Gasteiger partial charge in [0.25, 0.3) is 0 Å². The minimum Gasteiger partial charge on any atom is -0.493 e. The highest BCUT2D eigenvalue weighted by Crippen LogP contribution is 2.28. The number of amides is 2. The Kier molecular flexibility index (Phi) is 8.15. The molecule has 31 heavy (non-hydrogen) atoms. The summed E-state index contributed by atoms with van der Waals surface area (Å²) in [7, 11) is 1.61. The molecule has 1 aliphatic rings. The monoisotopic (exact) mass is 426 g/mol. The molecule has 7 nitrogen and oxygen atoms in total. The van der Waals surface area contributed by atoms with Crippen molar-refractivity contribution in [2.75, 3.05) is 39.9 Å². The van der Waals surface area contributed by atoms with Crippen LogP contribution in [0.4, 0.5) is 4.79 Å². The zero-order valence-corrected chi connectivity index (χ0v) is 18.2. The Morgan fingerprint density at radius 1 is 0.903 bits per heavy atom. The topological polar surface area (TPSA) is 68.3 Å². The molecular formula is C24H30N2O5. The van der Waals surface area contributed by atoms with Crippen molar-refractivity contribution in [3.8, 4) is 11.5 Å². The van der Waals surface area contributed by atoms with Crippen molar-refractivity contribution >= 4 is 12.0 Å². The number of ether oxygens (including phenoxy) is 3. The van der Waals surface area contributed by atoms with E-state index in [1.54, 1.807) is 12.0 Å². The standard InChI is InChI=1S/C24H30N2O5/c1-3-30-21-11-9-19(17-22(21)29-2)10-12-23(27)25-13-15-26(16-14-25)24(28)31-18-20-7-5-4-6-8-20/h4-9,11,17H,3,10,12-16,18H2,1-2H3. The highest BCUT2D eigenvalue weighted by molar-refractivity contribution is 5.77. The van der Waals surface area contributed by atoms with E-state index in [0.717, 1.165) is 11.1 Å². The molecule has 0 bridgehead atoms. The number of carbonyl (C=O) groups is 2. The van der Waals surface area contributed by atoms with Crippen molar-refractivity contribution in [1.29, 1.82) is 0 Å². The largest absolute Gasteiger partial charge is 0.493 e. The zero-order valence-electron chi connectivity index (χ0n) is 18.2. The molecule has 2 aromatic rings. The maximum Gasteiger partial charge on any atom is 0.410 e. The molecule has 7 heteroatoms. The summed E-state index contributed by atoms with van der Waals surface area (Å²) in [5.74, 6) is 1.47. The number of nitrogens with zero attached hydrogens (tertiary/aromatic N) is 2. The van der Waals surface area contributed by atoms with E-state index < -0.39 is 0 Å². The number of hydrogen-bond acceptors (Lipinski definition) is 5. The van der Waals surface area contributed by atoms with E-state index in [0.29, 0.717) is 57.1 Å². The number of hydrogen-bond donors (Lipinski definition) is 0. The molecular weight excluding hydrogens is 396 g/mol. The molecule has 0 N–H and O–H groups in total. The predicted octanol–water partition coefficient (Wildman–Crippen LogP) is 3.51. The van der Waals surface area contributed by atoms with Gasteiger partial charge in [-0.15, -0.1) is 0 Å². The maximum atomic E-state index is 12.6. The highest BCUT2D eigenvalue weighted by atomic mass is 16.6. The lowest BCUT2D eigenvalue weighted by molar-refractivity contribution is -0.132. The van der Waals surface area contributed by atoms with Crippen LogP contribution in [0.25, 0.3) is 0 Å². The molecule has 0 atom stereocenters. The fourth-order valence-corrected chi connectivity index (χ4v) is 3.50. The van der Waals surface area contributed by atoms with E-state index in [9.17, 15) is 9.59 Å². The van der Waals surface area contributed by atoms with E-state index in [1.807, 2.05) is 60.4 Å². The van der Waals surface area contributed by atoms with E-state index in [4.69, 9.17) is 14.2 Å². The second-order valence-electron chi connectivity index (χ2n) is 7.33. The normalized spacial score (nSPS) is 13.6. The maximum absolute atomic E-state index is 12.6. The van der Waals surface area contributed by atoms with Gasteiger partial charge in [0.15, 0.2) is 11.5 Å². The lowest BCUT2D eigenvalue weighted by Crippen LogP contribution is -2.50. The molecule has 0 radical (unpaired) electrons. The predicted molar refractivity (Wildman–Crippen MR) is 117 cm³/mol. The Balaban J connectivity index is 1.42. The number of methoxy groups -OCH3 is 1. The van der Waals surface area contributed by atoms with Gasteiger partial charge in [0.1, 0.15) is 6.61 Å². The van der Waals surface area contributed by atoms with Crippen LogP contribution < -0.4 is 9.47 Å². The summed E-state index contributed by atoms with van der Waals surface area (Å²) >= 11 is 0. The molecule has 1 saturated heterocycles. The SMILES string of the molecule is CCOc1ccc(CCC(=O)N2CCN(C(=O)OCc3ccccc3)CC2)cc1OC. The van der Waals surface area contributed by atoms with Crippen LogP contribution in [-0.2, 0) is 22.6 Å². The van der Waals surface area contributed by atoms with Gasteiger partial charge in [-0.25, -0.2) is 4.79 Å². The lowest BCUT2D eigenvalue weighted by Gasteiger charge is -2.34. The van der Waals surface area contributed by atoms with Gasteiger partial charge < -0.3 is 24.0 Å². The van der Waals surface area contributed by atoms with Crippen LogP contribution in [0.15, 0.2) is 48.5 Å². The molecule has 2 aromatic carbocycles. The third-order valence-electron chi connectivity index (χ3n) is 5.25. The lowest BCUT2D eigenvalue weighted by atomic mass is 10.1. The summed E-state index contributed by atoms with van der Waals surface area (Å²) in [5, 5.41) is 0. The summed E-state index contributed by atoms with van der Waals surface area (Å²) in [6.07, 6.45) is 0.703. The number of carbonyl (C=O) groups excluding carboxylic acids is 2. The molecule has 1 fully saturated rings. The third kappa shape index (κ3) is 6.38. The highest BCUT2D eigenvalue weighted by Gasteiger charge is 2.24. The first-order chi connectivity index (χ1) is 15.1. The van der Waals surface area contributed by atoms with Crippen LogP contribution in [0.2, 0.25) is 0 Å². The van der Waals surface area contributed by atoms with Gasteiger partial charge in [-0.05, 0) is 36.6 Å². The van der Waals surface area contributed by atoms with Crippen molar-refractivity contribution in [3.05, 3.63) is 59.7 Å². The number of aryl methyl sites for hydroxylation is 1. The van der Waals surface area contributed by atoms with E-state index in [-0.39, 0.29) is 18.6 Å². The van der Waals surface area contributed by atoms with E-state index in [2.05, 4.69) is 0 Å². The molecule has 0 spiro atoms. The van der Waals surface area contributed by atoms with Gasteiger partial charge in [-0.1, -0.05) is 36.4 Å². The van der Waals surface area contributed by atoms with Crippen LogP contribution in [-0.4, -0.2) is 61.7 Å². The first-order valence-corrected chi connectivity index (χ1v) is 10.6. The van der Waals surface area contributed by atoms with Gasteiger partial charge in [-0.2, -0.15) is 0 Å². The minimum absolute atomic E-state index is 0.0881. The first kappa shape index (κ1) is 22.5. The average molecular weight is 427 g/mol. The third-order valence-corrected chi connectivity index (χ3v) is 5.25. The Bertz CT molecular complexity index is 864. The second kappa shape index (κ2) is 11.2. The molecule has 0 saturated carbocycles. The summed E-state index contributed by atoms with van der Waals surface area (Å²) in [6, 6.07) is 15.3. The molecule has 3 rings (SSSR count). The van der Waals surface area contributed by atoms with E-state index >= 15 is 0 Å². The first-order valence-electron chi connectivity index (χ1n) is 10.6. The van der Waals surface area contributed by atoms with Gasteiger partial charge >= 0.3 is 6.09 Å². The molecule has 2 amide bonds. The molecule has 1 aliphatic heterocycles. The summed E-state index contributed by atoms with van der Waals surface area (Å²) in [5.41, 5.74) is 1.98. The van der Waals surface area contributed by atoms with Gasteiger partial charge in [0.2, 0.25) is 5.91 Å². The fraction of sp³-hybridized carbons (Fsp3) is 0.417. The van der Waals surface area contributed by atoms with Crippen molar-refractivity contribution in [2.45, 2.75) is 26.4 Å². The Morgan fingerprint density at radius 2 is 1.61 bits per heavy atom. The van der Waals surface area contributed by atoms with Crippen LogP contribution in [0.3, 0.4) is 0 Å². The van der Waals surface area contributed by atoms with E-state index in [1.165, 1.54) is 0 Å². The number of piperazine rings is 1. The number of benzene rings is 2. The Hall–Kier alpha value is -3.22. The summed E-state index contributed by atoms with van der Waals surface area (Å²) < 4.78 is 16.3. The zero-order chi connectivity index (χ0) is 22.1. The van der Waals surface area contributed by atoms with Crippen LogP contribution in [0.1, 0.15) is 24.5 Å². The molecule has 0 unspecified atom stereocenters. The summed E-state index contributed by atoms with van der Waals surface area (Å²) in [4.78, 5) is 28.4. The molecule has 0 aromatic heterocycles. The quantitative estimate of drug-likeness (QED) is 0.646. The Morgan fingerprint density at radius 3 is 2.29 bits per heavy atom. The van der Waals surface area contributed by atoms with Crippen molar-refractivity contribution < 1.29 is 23.8 Å². The fourth-order valence-electron chi connectivity index (χ4n) is 3.50.